The Balaban J connectivity index is 2.63. The Kier molecular flexibility index (Phi) is 5.39. The molecule has 1 aromatic rings. The third-order valence-electron chi connectivity index (χ3n) is 3.30. The minimum atomic E-state index is 0.431. The normalized spacial score (nSPS) is 13.9. The monoisotopic (exact) mass is 251 g/mol. The van der Waals surface area contributed by atoms with Gasteiger partial charge >= 0.3 is 0 Å². The summed E-state index contributed by atoms with van der Waals surface area (Å²) in [7, 11) is 1.99. The van der Waals surface area contributed by atoms with E-state index >= 15 is 0 Å². The summed E-state index contributed by atoms with van der Waals surface area (Å²) >= 11 is 0. The largest absolute Gasteiger partial charge is 0.310 e. The molecule has 0 saturated heterocycles. The van der Waals surface area contributed by atoms with Crippen molar-refractivity contribution >= 4 is 0 Å². The Labute approximate surface area is 112 Å². The highest BCUT2D eigenvalue weighted by molar-refractivity contribution is 5.19. The topological polar surface area (TPSA) is 29.9 Å². The van der Waals surface area contributed by atoms with Crippen LogP contribution in [0.4, 0.5) is 0 Å². The average molecular weight is 251 g/mol. The maximum atomic E-state index is 4.45. The Morgan fingerprint density at radius 3 is 2.50 bits per heavy atom. The number of hydrogen-bond donors (Lipinski definition) is 1. The summed E-state index contributed by atoms with van der Waals surface area (Å²) in [6.45, 7) is 12.2. The molecule has 1 aromatic heterocycles. The van der Waals surface area contributed by atoms with Crippen LogP contribution in [0.15, 0.2) is 6.20 Å². The lowest BCUT2D eigenvalue weighted by Gasteiger charge is -2.21. The number of rotatable bonds is 6. The van der Waals surface area contributed by atoms with Gasteiger partial charge in [0.25, 0.3) is 0 Å². The van der Waals surface area contributed by atoms with Crippen molar-refractivity contribution in [3.63, 3.8) is 0 Å². The van der Waals surface area contributed by atoms with Crippen LogP contribution in [0.5, 0.6) is 0 Å². The van der Waals surface area contributed by atoms with Gasteiger partial charge in [0.2, 0.25) is 0 Å². The summed E-state index contributed by atoms with van der Waals surface area (Å²) in [5.74, 6) is 0. The molecular formula is C15H29N3. The maximum absolute atomic E-state index is 4.45. The first kappa shape index (κ1) is 15.2. The number of nitrogens with zero attached hydrogens (tertiary/aromatic N) is 2. The molecule has 3 heteroatoms. The molecule has 3 nitrogen and oxygen atoms in total. The predicted molar refractivity (Wildman–Crippen MR) is 77.7 cm³/mol. The van der Waals surface area contributed by atoms with Crippen LogP contribution in [-0.4, -0.2) is 16.3 Å². The van der Waals surface area contributed by atoms with Crippen molar-refractivity contribution < 1.29 is 0 Å². The van der Waals surface area contributed by atoms with Gasteiger partial charge in [0.05, 0.1) is 5.69 Å². The first-order valence-corrected chi connectivity index (χ1v) is 7.07. The average Bonchev–Trinajstić information content (AvgIpc) is 2.55. The summed E-state index contributed by atoms with van der Waals surface area (Å²) in [6.07, 6.45) is 5.88. The van der Waals surface area contributed by atoms with Gasteiger partial charge in [-0.3, -0.25) is 4.68 Å². The summed E-state index contributed by atoms with van der Waals surface area (Å²) in [5, 5.41) is 8.03. The molecule has 0 radical (unpaired) electrons. The van der Waals surface area contributed by atoms with Crippen molar-refractivity contribution in [3.8, 4) is 0 Å². The van der Waals surface area contributed by atoms with Crippen LogP contribution < -0.4 is 5.32 Å². The van der Waals surface area contributed by atoms with Crippen molar-refractivity contribution in [2.24, 2.45) is 12.5 Å². The lowest BCUT2D eigenvalue weighted by Crippen LogP contribution is -2.21. The highest BCUT2D eigenvalue weighted by atomic mass is 15.3. The Hall–Kier alpha value is -0.830. The molecule has 0 aliphatic carbocycles. The van der Waals surface area contributed by atoms with Crippen LogP contribution in [0.2, 0.25) is 0 Å². The zero-order valence-electron chi connectivity index (χ0n) is 12.9. The lowest BCUT2D eigenvalue weighted by molar-refractivity contribution is 0.344. The number of nitrogens with one attached hydrogen (secondary N) is 1. The minimum Gasteiger partial charge on any atom is -0.310 e. The second kappa shape index (κ2) is 6.37. The second-order valence-electron chi connectivity index (χ2n) is 6.41. The third-order valence-corrected chi connectivity index (χ3v) is 3.30. The third kappa shape index (κ3) is 4.81. The SMILES string of the molecule is CCNC(CCCC(C)(C)C)c1cn(C)nc1C. The van der Waals surface area contributed by atoms with Gasteiger partial charge in [-0.05, 0) is 31.7 Å². The molecule has 0 spiro atoms. The quantitative estimate of drug-likeness (QED) is 0.837. The molecular weight excluding hydrogens is 222 g/mol. The van der Waals surface area contributed by atoms with E-state index in [9.17, 15) is 0 Å². The van der Waals surface area contributed by atoms with E-state index in [4.69, 9.17) is 0 Å². The minimum absolute atomic E-state index is 0.431. The van der Waals surface area contributed by atoms with E-state index in [1.165, 1.54) is 24.8 Å². The van der Waals surface area contributed by atoms with Gasteiger partial charge in [-0.25, -0.2) is 0 Å². The van der Waals surface area contributed by atoms with Gasteiger partial charge < -0.3 is 5.32 Å². The Bertz CT molecular complexity index is 360. The molecule has 1 atom stereocenters. The van der Waals surface area contributed by atoms with Gasteiger partial charge in [-0.2, -0.15) is 5.10 Å². The van der Waals surface area contributed by atoms with E-state index in [1.54, 1.807) is 0 Å². The van der Waals surface area contributed by atoms with Crippen LogP contribution in [0.25, 0.3) is 0 Å². The molecule has 0 aromatic carbocycles. The van der Waals surface area contributed by atoms with E-state index < -0.39 is 0 Å². The summed E-state index contributed by atoms with van der Waals surface area (Å²) in [5.41, 5.74) is 2.94. The summed E-state index contributed by atoms with van der Waals surface area (Å²) in [4.78, 5) is 0. The second-order valence-corrected chi connectivity index (χ2v) is 6.41. The maximum Gasteiger partial charge on any atom is 0.0641 e. The highest BCUT2D eigenvalue weighted by Gasteiger charge is 2.17. The fourth-order valence-corrected chi connectivity index (χ4v) is 2.41. The molecule has 0 aliphatic heterocycles. The highest BCUT2D eigenvalue weighted by Crippen LogP contribution is 2.27. The van der Waals surface area contributed by atoms with E-state index in [2.05, 4.69) is 51.2 Å². The molecule has 0 amide bonds. The molecule has 0 bridgehead atoms. The fraction of sp³-hybridized carbons (Fsp3) is 0.800. The van der Waals surface area contributed by atoms with Crippen LogP contribution in [-0.2, 0) is 7.05 Å². The molecule has 0 aliphatic rings. The number of aromatic nitrogens is 2. The zero-order valence-corrected chi connectivity index (χ0v) is 12.9. The van der Waals surface area contributed by atoms with Crippen LogP contribution in [0.1, 0.15) is 64.3 Å². The van der Waals surface area contributed by atoms with Gasteiger partial charge in [0.1, 0.15) is 0 Å². The van der Waals surface area contributed by atoms with E-state index in [1.807, 2.05) is 11.7 Å². The van der Waals surface area contributed by atoms with Crippen molar-refractivity contribution in [1.29, 1.82) is 0 Å². The molecule has 104 valence electrons. The van der Waals surface area contributed by atoms with E-state index in [0.717, 1.165) is 12.2 Å². The van der Waals surface area contributed by atoms with Crippen molar-refractivity contribution in [1.82, 2.24) is 15.1 Å². The molecule has 0 fully saturated rings. The molecule has 18 heavy (non-hydrogen) atoms. The number of aryl methyl sites for hydroxylation is 2. The Morgan fingerprint density at radius 2 is 2.06 bits per heavy atom. The molecule has 1 unspecified atom stereocenters. The zero-order chi connectivity index (χ0) is 13.8. The molecule has 1 rings (SSSR count). The van der Waals surface area contributed by atoms with E-state index in [-0.39, 0.29) is 0 Å². The van der Waals surface area contributed by atoms with Crippen molar-refractivity contribution in [2.45, 2.75) is 59.9 Å². The van der Waals surface area contributed by atoms with E-state index in [0.29, 0.717) is 11.5 Å². The van der Waals surface area contributed by atoms with Gasteiger partial charge in [-0.15, -0.1) is 0 Å². The lowest BCUT2D eigenvalue weighted by atomic mass is 9.88. The summed E-state index contributed by atoms with van der Waals surface area (Å²) < 4.78 is 1.92. The van der Waals surface area contributed by atoms with Crippen molar-refractivity contribution in [3.05, 3.63) is 17.5 Å². The fourth-order valence-electron chi connectivity index (χ4n) is 2.41. The molecule has 0 saturated carbocycles. The standard InChI is InChI=1S/C15H29N3/c1-7-16-14(9-8-10-15(3,4)5)13-11-18(6)17-12(13)2/h11,14,16H,7-10H2,1-6H3. The van der Waals surface area contributed by atoms with Crippen LogP contribution in [0, 0.1) is 12.3 Å². The predicted octanol–water partition coefficient (Wildman–Crippen LogP) is 3.60. The first-order valence-electron chi connectivity index (χ1n) is 7.07. The Morgan fingerprint density at radius 1 is 1.39 bits per heavy atom. The van der Waals surface area contributed by atoms with Gasteiger partial charge in [0.15, 0.2) is 0 Å². The smallest absolute Gasteiger partial charge is 0.0641 e. The van der Waals surface area contributed by atoms with Crippen molar-refractivity contribution in [2.75, 3.05) is 6.54 Å². The molecule has 1 heterocycles. The van der Waals surface area contributed by atoms with Gasteiger partial charge in [-0.1, -0.05) is 34.1 Å². The van der Waals surface area contributed by atoms with Crippen LogP contribution >= 0.6 is 0 Å². The van der Waals surface area contributed by atoms with Crippen LogP contribution in [0.3, 0.4) is 0 Å². The molecule has 1 N–H and O–H groups in total. The number of hydrogen-bond acceptors (Lipinski definition) is 2. The summed E-state index contributed by atoms with van der Waals surface area (Å²) in [6, 6.07) is 0.450. The van der Waals surface area contributed by atoms with Gasteiger partial charge in [0, 0.05) is 24.8 Å². The first-order chi connectivity index (χ1) is 8.33.